The van der Waals surface area contributed by atoms with Crippen molar-refractivity contribution in [3.63, 3.8) is 0 Å². The molecule has 1 N–H and O–H groups in total. The number of ether oxygens (including phenoxy) is 1. The molecule has 0 aromatic carbocycles. The molecule has 2 atom stereocenters. The number of nitrogens with zero attached hydrogens (tertiary/aromatic N) is 4. The highest BCUT2D eigenvalue weighted by molar-refractivity contribution is 5.77. The summed E-state index contributed by atoms with van der Waals surface area (Å²) in [6.45, 7) is 3.26. The number of anilines is 2. The van der Waals surface area contributed by atoms with E-state index in [0.717, 1.165) is 25.9 Å². The Labute approximate surface area is 139 Å². The van der Waals surface area contributed by atoms with Crippen LogP contribution >= 0.6 is 0 Å². The van der Waals surface area contributed by atoms with Gasteiger partial charge in [-0.25, -0.2) is 9.37 Å². The van der Waals surface area contributed by atoms with E-state index in [0.29, 0.717) is 37.9 Å². The zero-order valence-corrected chi connectivity index (χ0v) is 13.4. The predicted molar refractivity (Wildman–Crippen MR) is 84.6 cm³/mol. The van der Waals surface area contributed by atoms with Gasteiger partial charge in [-0.3, -0.25) is 4.79 Å². The van der Waals surface area contributed by atoms with Crippen LogP contribution in [-0.4, -0.2) is 60.4 Å². The first kappa shape index (κ1) is 15.6. The summed E-state index contributed by atoms with van der Waals surface area (Å²) in [7, 11) is 0. The number of rotatable bonds is 3. The van der Waals surface area contributed by atoms with E-state index in [9.17, 15) is 14.3 Å². The third kappa shape index (κ3) is 2.40. The van der Waals surface area contributed by atoms with Gasteiger partial charge in [0.05, 0.1) is 12.8 Å². The molecule has 24 heavy (non-hydrogen) atoms. The van der Waals surface area contributed by atoms with Gasteiger partial charge >= 0.3 is 5.97 Å². The lowest BCUT2D eigenvalue weighted by Crippen LogP contribution is -2.46. The SMILES string of the molecule is O=C(O)[C@]12COCC[C@H]1CN(c1ncc(F)c(N3CCCC3)n1)C2. The van der Waals surface area contributed by atoms with Crippen LogP contribution in [0.1, 0.15) is 19.3 Å². The molecule has 4 heterocycles. The van der Waals surface area contributed by atoms with E-state index < -0.39 is 17.2 Å². The van der Waals surface area contributed by atoms with Gasteiger partial charge in [0.25, 0.3) is 0 Å². The summed E-state index contributed by atoms with van der Waals surface area (Å²) in [6, 6.07) is 0. The molecule has 0 aliphatic carbocycles. The summed E-state index contributed by atoms with van der Waals surface area (Å²) >= 11 is 0. The van der Waals surface area contributed by atoms with E-state index in [2.05, 4.69) is 9.97 Å². The molecule has 8 heteroatoms. The van der Waals surface area contributed by atoms with Crippen LogP contribution in [0.25, 0.3) is 0 Å². The topological polar surface area (TPSA) is 78.8 Å². The van der Waals surface area contributed by atoms with Gasteiger partial charge in [0.15, 0.2) is 11.6 Å². The van der Waals surface area contributed by atoms with Crippen LogP contribution in [0.5, 0.6) is 0 Å². The Hall–Kier alpha value is -1.96. The lowest BCUT2D eigenvalue weighted by molar-refractivity contribution is -0.159. The molecular formula is C16H21FN4O3. The minimum Gasteiger partial charge on any atom is -0.481 e. The van der Waals surface area contributed by atoms with Crippen molar-refractivity contribution in [1.82, 2.24) is 9.97 Å². The number of carboxylic acid groups (broad SMARTS) is 1. The normalized spacial score (nSPS) is 29.8. The number of halogens is 1. The zero-order valence-electron chi connectivity index (χ0n) is 13.4. The van der Waals surface area contributed by atoms with Gasteiger partial charge in [0.2, 0.25) is 5.95 Å². The molecular weight excluding hydrogens is 315 g/mol. The molecule has 0 radical (unpaired) electrons. The van der Waals surface area contributed by atoms with Crippen molar-refractivity contribution in [2.45, 2.75) is 19.3 Å². The Balaban J connectivity index is 1.62. The van der Waals surface area contributed by atoms with Crippen LogP contribution in [-0.2, 0) is 9.53 Å². The predicted octanol–water partition coefficient (Wildman–Crippen LogP) is 1.14. The average molecular weight is 336 g/mol. The van der Waals surface area contributed by atoms with Crippen LogP contribution in [0.15, 0.2) is 6.20 Å². The Morgan fingerprint density at radius 1 is 1.38 bits per heavy atom. The molecule has 3 aliphatic heterocycles. The number of hydrogen-bond donors (Lipinski definition) is 1. The molecule has 3 saturated heterocycles. The van der Waals surface area contributed by atoms with Gasteiger partial charge in [-0.1, -0.05) is 0 Å². The van der Waals surface area contributed by atoms with E-state index in [1.165, 1.54) is 6.20 Å². The van der Waals surface area contributed by atoms with Crippen molar-refractivity contribution in [1.29, 1.82) is 0 Å². The van der Waals surface area contributed by atoms with E-state index >= 15 is 0 Å². The average Bonchev–Trinajstić information content (AvgIpc) is 3.23. The molecule has 7 nitrogen and oxygen atoms in total. The third-order valence-electron chi connectivity index (χ3n) is 5.49. The van der Waals surface area contributed by atoms with Gasteiger partial charge in [-0.15, -0.1) is 0 Å². The molecule has 0 bridgehead atoms. The van der Waals surface area contributed by atoms with Gasteiger partial charge in [0.1, 0.15) is 5.41 Å². The van der Waals surface area contributed by atoms with Gasteiger partial charge < -0.3 is 19.6 Å². The van der Waals surface area contributed by atoms with Gasteiger partial charge in [-0.05, 0) is 25.2 Å². The highest BCUT2D eigenvalue weighted by Crippen LogP contribution is 2.42. The smallest absolute Gasteiger partial charge is 0.314 e. The molecule has 3 aliphatic rings. The third-order valence-corrected chi connectivity index (χ3v) is 5.49. The molecule has 0 spiro atoms. The monoisotopic (exact) mass is 336 g/mol. The first-order chi connectivity index (χ1) is 11.6. The molecule has 130 valence electrons. The highest BCUT2D eigenvalue weighted by Gasteiger charge is 2.54. The molecule has 3 fully saturated rings. The Morgan fingerprint density at radius 3 is 2.88 bits per heavy atom. The molecule has 4 rings (SSSR count). The van der Waals surface area contributed by atoms with Crippen LogP contribution in [0.3, 0.4) is 0 Å². The summed E-state index contributed by atoms with van der Waals surface area (Å²) < 4.78 is 19.5. The number of aliphatic carboxylic acids is 1. The summed E-state index contributed by atoms with van der Waals surface area (Å²) in [5.74, 6) is -0.515. The van der Waals surface area contributed by atoms with Crippen molar-refractivity contribution in [2.75, 3.05) is 49.2 Å². The Morgan fingerprint density at radius 2 is 2.17 bits per heavy atom. The Bertz CT molecular complexity index is 652. The van der Waals surface area contributed by atoms with Crippen molar-refractivity contribution in [2.24, 2.45) is 11.3 Å². The van der Waals surface area contributed by atoms with Gasteiger partial charge in [-0.2, -0.15) is 4.98 Å². The van der Waals surface area contributed by atoms with Crippen molar-refractivity contribution in [3.05, 3.63) is 12.0 Å². The van der Waals surface area contributed by atoms with Crippen LogP contribution in [0.2, 0.25) is 0 Å². The maximum Gasteiger partial charge on any atom is 0.314 e. The quantitative estimate of drug-likeness (QED) is 0.887. The second-order valence-electron chi connectivity index (χ2n) is 6.92. The first-order valence-electron chi connectivity index (χ1n) is 8.44. The highest BCUT2D eigenvalue weighted by atomic mass is 19.1. The number of carboxylic acids is 1. The molecule has 0 amide bonds. The van der Waals surface area contributed by atoms with Crippen molar-refractivity contribution in [3.8, 4) is 0 Å². The molecule has 1 aromatic rings. The summed E-state index contributed by atoms with van der Waals surface area (Å²) in [5.41, 5.74) is -0.913. The fraction of sp³-hybridized carbons (Fsp3) is 0.688. The van der Waals surface area contributed by atoms with Crippen LogP contribution in [0.4, 0.5) is 16.2 Å². The summed E-state index contributed by atoms with van der Waals surface area (Å²) in [5, 5.41) is 9.72. The minimum atomic E-state index is -0.913. The Kier molecular flexibility index (Phi) is 3.79. The maximum absolute atomic E-state index is 14.1. The lowest BCUT2D eigenvalue weighted by Gasteiger charge is -2.33. The molecule has 0 saturated carbocycles. The van der Waals surface area contributed by atoms with E-state index in [-0.39, 0.29) is 12.5 Å². The number of hydrogen-bond acceptors (Lipinski definition) is 6. The standard InChI is InChI=1S/C16H21FN4O3/c17-12-7-18-15(19-13(12)20-4-1-2-5-20)21-8-11-3-6-24-10-16(11,9-21)14(22)23/h7,11H,1-6,8-10H2,(H,22,23)/t11-,16+/m0/s1. The van der Waals surface area contributed by atoms with Crippen molar-refractivity contribution < 1.29 is 19.0 Å². The van der Waals surface area contributed by atoms with E-state index in [1.54, 1.807) is 0 Å². The van der Waals surface area contributed by atoms with Crippen LogP contribution < -0.4 is 9.80 Å². The van der Waals surface area contributed by atoms with E-state index in [4.69, 9.17) is 4.74 Å². The second-order valence-corrected chi connectivity index (χ2v) is 6.92. The van der Waals surface area contributed by atoms with Gasteiger partial charge in [0, 0.05) is 32.8 Å². The number of carbonyl (C=O) groups is 1. The first-order valence-corrected chi connectivity index (χ1v) is 8.44. The summed E-state index contributed by atoms with van der Waals surface area (Å²) in [4.78, 5) is 24.2. The largest absolute Gasteiger partial charge is 0.481 e. The maximum atomic E-state index is 14.1. The number of fused-ring (bicyclic) bond motifs is 1. The fourth-order valence-electron chi connectivity index (χ4n) is 4.09. The zero-order chi connectivity index (χ0) is 16.7. The second kappa shape index (κ2) is 5.84. The van der Waals surface area contributed by atoms with Crippen LogP contribution in [0, 0.1) is 17.2 Å². The minimum absolute atomic E-state index is 0.00707. The van der Waals surface area contributed by atoms with E-state index in [1.807, 2.05) is 9.80 Å². The summed E-state index contributed by atoms with van der Waals surface area (Å²) in [6.07, 6.45) is 3.97. The molecule has 1 aromatic heterocycles. The van der Waals surface area contributed by atoms with Crippen molar-refractivity contribution >= 4 is 17.7 Å². The lowest BCUT2D eigenvalue weighted by atomic mass is 9.76. The number of aromatic nitrogens is 2. The molecule has 0 unspecified atom stereocenters. The fourth-order valence-corrected chi connectivity index (χ4v) is 4.09.